The number of hydrogen-bond donors (Lipinski definition) is 2. The lowest BCUT2D eigenvalue weighted by atomic mass is 9.87. The molecule has 0 heterocycles. The lowest BCUT2D eigenvalue weighted by Crippen LogP contribution is -2.58. The maximum absolute atomic E-state index is 13.4. The molecule has 1 aromatic carbocycles. The number of nitrogens with two attached hydrogens (primary N) is 1. The molecule has 0 saturated heterocycles. The summed E-state index contributed by atoms with van der Waals surface area (Å²) in [6, 6.07) is 3.99. The first-order valence-electron chi connectivity index (χ1n) is 5.76. The maximum Gasteiger partial charge on any atom is 0.252 e. The van der Waals surface area contributed by atoms with Crippen molar-refractivity contribution in [2.75, 3.05) is 0 Å². The van der Waals surface area contributed by atoms with Crippen LogP contribution in [-0.4, -0.2) is 17.4 Å². The highest BCUT2D eigenvalue weighted by Gasteiger charge is 2.36. The largest absolute Gasteiger partial charge is 0.368 e. The third-order valence-corrected chi connectivity index (χ3v) is 3.86. The lowest BCUT2D eigenvalue weighted by molar-refractivity contribution is -0.125. The fourth-order valence-corrected chi connectivity index (χ4v) is 1.68. The number of primary amides is 1. The Balaban J connectivity index is 3.01. The molecular formula is C13H16BrFN2O2. The van der Waals surface area contributed by atoms with Gasteiger partial charge < -0.3 is 11.1 Å². The smallest absolute Gasteiger partial charge is 0.252 e. The number of hydrogen-bond acceptors (Lipinski definition) is 2. The van der Waals surface area contributed by atoms with Crippen LogP contribution in [0, 0.1) is 11.7 Å². The number of rotatable bonds is 4. The molecule has 1 rings (SSSR count). The summed E-state index contributed by atoms with van der Waals surface area (Å²) in [5.74, 6) is -1.90. The van der Waals surface area contributed by atoms with Crippen molar-refractivity contribution in [1.29, 1.82) is 0 Å². The summed E-state index contributed by atoms with van der Waals surface area (Å²) in [6.45, 7) is 5.09. The van der Waals surface area contributed by atoms with E-state index < -0.39 is 23.2 Å². The third kappa shape index (κ3) is 3.32. The van der Waals surface area contributed by atoms with Gasteiger partial charge in [0.05, 0.1) is 4.47 Å². The van der Waals surface area contributed by atoms with E-state index in [1.54, 1.807) is 20.8 Å². The first kappa shape index (κ1) is 15.6. The standard InChI is InChI=1S/C13H16BrFN2O2/c1-7(2)13(3,12(16)19)17-11(18)8-4-5-9(14)10(15)6-8/h4-7H,1-3H3,(H2,16,19)(H,17,18). The summed E-state index contributed by atoms with van der Waals surface area (Å²) in [6.07, 6.45) is 0. The minimum atomic E-state index is -1.18. The summed E-state index contributed by atoms with van der Waals surface area (Å²) < 4.78 is 13.6. The first-order chi connectivity index (χ1) is 8.68. The van der Waals surface area contributed by atoms with Crippen molar-refractivity contribution in [3.63, 3.8) is 0 Å². The minimum Gasteiger partial charge on any atom is -0.368 e. The maximum atomic E-state index is 13.4. The Kier molecular flexibility index (Phi) is 4.68. The van der Waals surface area contributed by atoms with Crippen LogP contribution in [0.15, 0.2) is 22.7 Å². The fourth-order valence-electron chi connectivity index (χ4n) is 1.44. The highest BCUT2D eigenvalue weighted by Crippen LogP contribution is 2.19. The van der Waals surface area contributed by atoms with E-state index in [-0.39, 0.29) is 16.0 Å². The van der Waals surface area contributed by atoms with Gasteiger partial charge in [0.1, 0.15) is 11.4 Å². The van der Waals surface area contributed by atoms with Crippen LogP contribution in [0.25, 0.3) is 0 Å². The van der Waals surface area contributed by atoms with Crippen molar-refractivity contribution in [3.8, 4) is 0 Å². The van der Waals surface area contributed by atoms with Crippen LogP contribution < -0.4 is 11.1 Å². The van der Waals surface area contributed by atoms with E-state index in [0.29, 0.717) is 0 Å². The Morgan fingerprint density at radius 2 is 2.00 bits per heavy atom. The number of nitrogens with one attached hydrogen (secondary N) is 1. The molecule has 19 heavy (non-hydrogen) atoms. The van der Waals surface area contributed by atoms with E-state index in [2.05, 4.69) is 21.2 Å². The molecule has 6 heteroatoms. The van der Waals surface area contributed by atoms with Gasteiger partial charge in [-0.2, -0.15) is 0 Å². The van der Waals surface area contributed by atoms with Crippen molar-refractivity contribution in [1.82, 2.24) is 5.32 Å². The van der Waals surface area contributed by atoms with Crippen LogP contribution in [0.4, 0.5) is 4.39 Å². The van der Waals surface area contributed by atoms with Crippen LogP contribution in [0.2, 0.25) is 0 Å². The second-order valence-electron chi connectivity index (χ2n) is 4.80. The molecule has 4 nitrogen and oxygen atoms in total. The number of carbonyl (C=O) groups excluding carboxylic acids is 2. The predicted molar refractivity (Wildman–Crippen MR) is 74.0 cm³/mol. The monoisotopic (exact) mass is 330 g/mol. The van der Waals surface area contributed by atoms with Gasteiger partial charge in [-0.1, -0.05) is 13.8 Å². The Morgan fingerprint density at radius 1 is 1.42 bits per heavy atom. The van der Waals surface area contributed by atoms with Crippen molar-refractivity contribution in [3.05, 3.63) is 34.1 Å². The highest BCUT2D eigenvalue weighted by atomic mass is 79.9. The topological polar surface area (TPSA) is 72.2 Å². The van der Waals surface area contributed by atoms with Crippen LogP contribution in [0.1, 0.15) is 31.1 Å². The third-order valence-electron chi connectivity index (χ3n) is 3.22. The lowest BCUT2D eigenvalue weighted by Gasteiger charge is -2.31. The molecule has 0 fully saturated rings. The van der Waals surface area contributed by atoms with Gasteiger partial charge in [0.15, 0.2) is 0 Å². The van der Waals surface area contributed by atoms with Crippen molar-refractivity contribution < 1.29 is 14.0 Å². The van der Waals surface area contributed by atoms with E-state index in [4.69, 9.17) is 5.73 Å². The molecule has 3 N–H and O–H groups in total. The predicted octanol–water partition coefficient (Wildman–Crippen LogP) is 2.22. The van der Waals surface area contributed by atoms with Gasteiger partial charge in [0.2, 0.25) is 5.91 Å². The van der Waals surface area contributed by atoms with E-state index in [1.807, 2.05) is 0 Å². The first-order valence-corrected chi connectivity index (χ1v) is 6.55. The quantitative estimate of drug-likeness (QED) is 0.888. The van der Waals surface area contributed by atoms with Gasteiger partial charge in [-0.25, -0.2) is 4.39 Å². The van der Waals surface area contributed by atoms with Gasteiger partial charge in [-0.05, 0) is 47.0 Å². The van der Waals surface area contributed by atoms with Crippen LogP contribution in [0.3, 0.4) is 0 Å². The number of carbonyl (C=O) groups is 2. The summed E-state index contributed by atoms with van der Waals surface area (Å²) in [5, 5.41) is 2.56. The molecule has 1 atom stereocenters. The van der Waals surface area contributed by atoms with Gasteiger partial charge in [-0.15, -0.1) is 0 Å². The minimum absolute atomic E-state index is 0.133. The Labute approximate surface area is 119 Å². The number of benzene rings is 1. The Hall–Kier alpha value is -1.43. The van der Waals surface area contributed by atoms with Gasteiger partial charge in [-0.3, -0.25) is 9.59 Å². The van der Waals surface area contributed by atoms with Crippen molar-refractivity contribution in [2.45, 2.75) is 26.3 Å². The zero-order valence-electron chi connectivity index (χ0n) is 11.0. The molecule has 1 aromatic rings. The van der Waals surface area contributed by atoms with E-state index >= 15 is 0 Å². The van der Waals surface area contributed by atoms with E-state index in [1.165, 1.54) is 12.1 Å². The zero-order valence-corrected chi connectivity index (χ0v) is 12.5. The number of amides is 2. The van der Waals surface area contributed by atoms with Gasteiger partial charge >= 0.3 is 0 Å². The second-order valence-corrected chi connectivity index (χ2v) is 5.66. The molecule has 0 aliphatic carbocycles. The molecule has 0 bridgehead atoms. The molecule has 2 amide bonds. The van der Waals surface area contributed by atoms with Gasteiger partial charge in [0, 0.05) is 5.56 Å². The SMILES string of the molecule is CC(C)C(C)(NC(=O)c1ccc(Br)c(F)c1)C(N)=O. The van der Waals surface area contributed by atoms with Crippen LogP contribution in [-0.2, 0) is 4.79 Å². The van der Waals surface area contributed by atoms with Crippen LogP contribution in [0.5, 0.6) is 0 Å². The van der Waals surface area contributed by atoms with Gasteiger partial charge in [0.25, 0.3) is 5.91 Å². The molecular weight excluding hydrogens is 315 g/mol. The summed E-state index contributed by atoms with van der Waals surface area (Å²) in [5.41, 5.74) is 4.27. The number of halogens is 2. The molecule has 0 spiro atoms. The molecule has 0 aromatic heterocycles. The van der Waals surface area contributed by atoms with Crippen molar-refractivity contribution in [2.24, 2.45) is 11.7 Å². The summed E-state index contributed by atoms with van der Waals surface area (Å²) in [4.78, 5) is 23.5. The normalized spacial score (nSPS) is 14.0. The van der Waals surface area contributed by atoms with Crippen LogP contribution >= 0.6 is 15.9 Å². The fraction of sp³-hybridized carbons (Fsp3) is 0.385. The Morgan fingerprint density at radius 3 is 2.42 bits per heavy atom. The molecule has 0 radical (unpaired) electrons. The average molecular weight is 331 g/mol. The molecule has 1 unspecified atom stereocenters. The molecule has 0 aliphatic heterocycles. The molecule has 104 valence electrons. The average Bonchev–Trinajstić information content (AvgIpc) is 2.31. The highest BCUT2D eigenvalue weighted by molar-refractivity contribution is 9.10. The summed E-state index contributed by atoms with van der Waals surface area (Å²) >= 11 is 3.01. The molecule has 0 aliphatic rings. The van der Waals surface area contributed by atoms with Crippen molar-refractivity contribution >= 4 is 27.7 Å². The van der Waals surface area contributed by atoms with E-state index in [9.17, 15) is 14.0 Å². The summed E-state index contributed by atoms with van der Waals surface area (Å²) in [7, 11) is 0. The second kappa shape index (κ2) is 5.69. The molecule has 0 saturated carbocycles. The zero-order chi connectivity index (χ0) is 14.8. The van der Waals surface area contributed by atoms with E-state index in [0.717, 1.165) is 6.07 Å². The Bertz CT molecular complexity index is 519.